The lowest BCUT2D eigenvalue weighted by molar-refractivity contribution is -0.290. The summed E-state index contributed by atoms with van der Waals surface area (Å²) in [6.45, 7) is 2.54. The second-order valence-electron chi connectivity index (χ2n) is 11.1. The number of carbonyl (C=O) groups excluding carboxylic acids is 1. The number of carbonyl (C=O) groups is 1. The Kier molecular flexibility index (Phi) is 11.3. The van der Waals surface area contributed by atoms with Gasteiger partial charge in [-0.25, -0.2) is 0 Å². The quantitative estimate of drug-likeness (QED) is 0.155. The molecule has 0 aliphatic heterocycles. The lowest BCUT2D eigenvalue weighted by Crippen LogP contribution is -2.71. The second kappa shape index (κ2) is 14.9. The number of rotatable bonds is 15. The van der Waals surface area contributed by atoms with Crippen molar-refractivity contribution in [3.8, 4) is 0 Å². The van der Waals surface area contributed by atoms with Crippen LogP contribution >= 0.6 is 0 Å². The van der Waals surface area contributed by atoms with Gasteiger partial charge in [-0.1, -0.05) is 67.8 Å². The molecule has 6 unspecified atom stereocenters. The van der Waals surface area contributed by atoms with Crippen molar-refractivity contribution < 1.29 is 34.7 Å². The number of aryl methyl sites for hydroxylation is 1. The molecular weight excluding hydrogens is 524 g/mol. The molecule has 3 aromatic rings. The van der Waals surface area contributed by atoms with Crippen molar-refractivity contribution in [2.45, 2.75) is 94.6 Å². The zero-order valence-corrected chi connectivity index (χ0v) is 23.7. The highest BCUT2D eigenvalue weighted by Gasteiger charge is 2.59. The van der Waals surface area contributed by atoms with E-state index in [4.69, 9.17) is 9.47 Å². The van der Waals surface area contributed by atoms with Gasteiger partial charge in [-0.2, -0.15) is 0 Å². The number of hydrogen-bond donors (Lipinski definition) is 6. The van der Waals surface area contributed by atoms with Crippen molar-refractivity contribution >= 4 is 16.8 Å². The number of aliphatic hydroxyl groups is 4. The van der Waals surface area contributed by atoms with Gasteiger partial charge in [-0.3, -0.25) is 4.79 Å². The maximum absolute atomic E-state index is 12.0. The largest absolute Gasteiger partial charge is 0.387 e. The third kappa shape index (κ3) is 7.94. The first kappa shape index (κ1) is 31.2. The van der Waals surface area contributed by atoms with E-state index < -0.39 is 36.1 Å². The van der Waals surface area contributed by atoms with Gasteiger partial charge in [0, 0.05) is 37.2 Å². The number of nitrogens with one attached hydrogen (secondary N) is 2. The molecule has 0 radical (unpaired) electrons. The fourth-order valence-electron chi connectivity index (χ4n) is 5.71. The summed E-state index contributed by atoms with van der Waals surface area (Å²) in [6, 6.07) is 17.2. The molecule has 224 valence electrons. The maximum Gasteiger partial charge on any atom is 0.216 e. The average Bonchev–Trinajstić information content (AvgIpc) is 3.39. The number of aliphatic hydroxyl groups excluding tert-OH is 3. The monoisotopic (exact) mass is 568 g/mol. The number of H-pyrrole nitrogens is 1. The van der Waals surface area contributed by atoms with Crippen LogP contribution in [-0.2, 0) is 27.3 Å². The molecule has 1 aliphatic rings. The highest BCUT2D eigenvalue weighted by Crippen LogP contribution is 2.38. The smallest absolute Gasteiger partial charge is 0.216 e. The standard InChI is InChI=1S/C32H44N2O7/c1-22(35)33-18-10-3-2-4-11-19-40-29-27(36)28(37)31(41-21-23-12-6-5-7-13-23)32(39,30(29)38)17-16-24-20-34-26-15-9-8-14-25(24)26/h5-9,12-15,20,27-31,34,36-39H,2-4,10-11,16-19,21H2,1H3,(H,33,35). The van der Waals surface area contributed by atoms with E-state index in [9.17, 15) is 25.2 Å². The Bertz CT molecular complexity index is 1220. The lowest BCUT2D eigenvalue weighted by atomic mass is 9.72. The topological polar surface area (TPSA) is 144 Å². The number of para-hydroxylation sites is 1. The number of ether oxygens (including phenoxy) is 2. The molecule has 1 saturated carbocycles. The molecule has 1 fully saturated rings. The van der Waals surface area contributed by atoms with Crippen LogP contribution in [0.25, 0.3) is 10.9 Å². The Morgan fingerprint density at radius 1 is 0.927 bits per heavy atom. The van der Waals surface area contributed by atoms with Crippen LogP contribution < -0.4 is 5.32 Å². The zero-order valence-electron chi connectivity index (χ0n) is 23.7. The number of aromatic nitrogens is 1. The molecule has 1 amide bonds. The minimum Gasteiger partial charge on any atom is -0.387 e. The summed E-state index contributed by atoms with van der Waals surface area (Å²) < 4.78 is 12.0. The predicted octanol–water partition coefficient (Wildman–Crippen LogP) is 2.99. The van der Waals surface area contributed by atoms with E-state index in [1.54, 1.807) is 0 Å². The number of unbranched alkanes of at least 4 members (excludes halogenated alkanes) is 4. The Morgan fingerprint density at radius 3 is 2.41 bits per heavy atom. The van der Waals surface area contributed by atoms with E-state index in [0.29, 0.717) is 19.4 Å². The predicted molar refractivity (Wildman–Crippen MR) is 156 cm³/mol. The highest BCUT2D eigenvalue weighted by molar-refractivity contribution is 5.83. The van der Waals surface area contributed by atoms with Crippen LogP contribution in [0.15, 0.2) is 60.8 Å². The van der Waals surface area contributed by atoms with Crippen molar-refractivity contribution in [3.63, 3.8) is 0 Å². The van der Waals surface area contributed by atoms with Gasteiger partial charge >= 0.3 is 0 Å². The molecule has 9 heteroatoms. The van der Waals surface area contributed by atoms with E-state index in [2.05, 4.69) is 10.3 Å². The van der Waals surface area contributed by atoms with E-state index in [0.717, 1.165) is 47.7 Å². The van der Waals surface area contributed by atoms with E-state index in [-0.39, 0.29) is 25.5 Å². The minimum absolute atomic E-state index is 0.0284. The van der Waals surface area contributed by atoms with Crippen molar-refractivity contribution in [2.75, 3.05) is 13.2 Å². The van der Waals surface area contributed by atoms with Crippen molar-refractivity contribution in [3.05, 3.63) is 71.9 Å². The summed E-state index contributed by atoms with van der Waals surface area (Å²) in [4.78, 5) is 14.2. The number of benzene rings is 2. The van der Waals surface area contributed by atoms with Gasteiger partial charge in [0.2, 0.25) is 5.91 Å². The van der Waals surface area contributed by atoms with Crippen LogP contribution in [-0.4, -0.2) is 80.6 Å². The Hall–Kier alpha value is -2.79. The van der Waals surface area contributed by atoms with E-state index >= 15 is 0 Å². The average molecular weight is 569 g/mol. The van der Waals surface area contributed by atoms with Crippen LogP contribution in [0.3, 0.4) is 0 Å². The van der Waals surface area contributed by atoms with Gasteiger partial charge in [-0.15, -0.1) is 0 Å². The molecule has 6 N–H and O–H groups in total. The second-order valence-corrected chi connectivity index (χ2v) is 11.1. The molecule has 1 aliphatic carbocycles. The molecule has 41 heavy (non-hydrogen) atoms. The molecular formula is C32H44N2O7. The fourth-order valence-corrected chi connectivity index (χ4v) is 5.71. The molecule has 4 rings (SSSR count). The molecule has 2 aromatic carbocycles. The first-order valence-corrected chi connectivity index (χ1v) is 14.6. The first-order valence-electron chi connectivity index (χ1n) is 14.6. The van der Waals surface area contributed by atoms with Gasteiger partial charge < -0.3 is 40.2 Å². The Morgan fingerprint density at radius 2 is 1.63 bits per heavy atom. The molecule has 1 aromatic heterocycles. The number of hydrogen-bond acceptors (Lipinski definition) is 7. The molecule has 0 bridgehead atoms. The molecule has 1 heterocycles. The summed E-state index contributed by atoms with van der Waals surface area (Å²) >= 11 is 0. The number of aromatic amines is 1. The number of amides is 1. The Labute approximate surface area is 241 Å². The van der Waals surface area contributed by atoms with Gasteiger partial charge in [0.25, 0.3) is 0 Å². The maximum atomic E-state index is 12.0. The van der Waals surface area contributed by atoms with Crippen LogP contribution in [0.4, 0.5) is 0 Å². The molecule has 0 saturated heterocycles. The lowest BCUT2D eigenvalue weighted by Gasteiger charge is -2.51. The summed E-state index contributed by atoms with van der Waals surface area (Å²) in [5, 5.41) is 49.4. The molecule has 0 spiro atoms. The van der Waals surface area contributed by atoms with Crippen LogP contribution in [0, 0.1) is 0 Å². The third-order valence-corrected chi connectivity index (χ3v) is 8.06. The van der Waals surface area contributed by atoms with Gasteiger partial charge in [-0.05, 0) is 42.9 Å². The van der Waals surface area contributed by atoms with Gasteiger partial charge in [0.05, 0.1) is 6.61 Å². The fraction of sp³-hybridized carbons (Fsp3) is 0.531. The third-order valence-electron chi connectivity index (χ3n) is 8.06. The van der Waals surface area contributed by atoms with E-state index in [1.807, 2.05) is 60.8 Å². The van der Waals surface area contributed by atoms with E-state index in [1.165, 1.54) is 6.92 Å². The van der Waals surface area contributed by atoms with Gasteiger partial charge in [0.15, 0.2) is 0 Å². The highest BCUT2D eigenvalue weighted by atomic mass is 16.5. The van der Waals surface area contributed by atoms with Crippen LogP contribution in [0.1, 0.15) is 56.6 Å². The summed E-state index contributed by atoms with van der Waals surface area (Å²) in [5.74, 6) is -0.0284. The van der Waals surface area contributed by atoms with Crippen molar-refractivity contribution in [2.24, 2.45) is 0 Å². The zero-order chi connectivity index (χ0) is 29.2. The SMILES string of the molecule is CC(=O)NCCCCCCCOC1C(O)C(O)C(OCc2ccccc2)C(O)(CCc2c[nH]c3ccccc23)C1O. The molecule has 9 nitrogen and oxygen atoms in total. The summed E-state index contributed by atoms with van der Waals surface area (Å²) in [7, 11) is 0. The summed E-state index contributed by atoms with van der Waals surface area (Å²) in [5.41, 5.74) is 0.917. The summed E-state index contributed by atoms with van der Waals surface area (Å²) in [6.07, 6.45) is 0.0325. The van der Waals surface area contributed by atoms with Crippen LogP contribution in [0.5, 0.6) is 0 Å². The van der Waals surface area contributed by atoms with Crippen molar-refractivity contribution in [1.82, 2.24) is 10.3 Å². The Balaban J connectivity index is 1.41. The minimum atomic E-state index is -1.87. The number of fused-ring (bicyclic) bond motifs is 1. The molecule has 6 atom stereocenters. The van der Waals surface area contributed by atoms with Gasteiger partial charge in [0.1, 0.15) is 36.1 Å². The van der Waals surface area contributed by atoms with Crippen LogP contribution in [0.2, 0.25) is 0 Å². The normalized spacial score (nSPS) is 26.3. The first-order chi connectivity index (χ1) is 19.8. The van der Waals surface area contributed by atoms with Crippen molar-refractivity contribution in [1.29, 1.82) is 0 Å².